The highest BCUT2D eigenvalue weighted by molar-refractivity contribution is 7.20. The lowest BCUT2D eigenvalue weighted by molar-refractivity contribution is 0.101. The van der Waals surface area contributed by atoms with Gasteiger partial charge >= 0.3 is 0 Å². The second kappa shape index (κ2) is 6.37. The number of thiophene rings is 1. The van der Waals surface area contributed by atoms with Crippen LogP contribution in [0.4, 0.5) is 4.39 Å². The Balaban J connectivity index is 1.74. The molecule has 0 unspecified atom stereocenters. The minimum atomic E-state index is -0.453. The van der Waals surface area contributed by atoms with E-state index >= 15 is 0 Å². The first-order valence-electron chi connectivity index (χ1n) is 6.55. The number of hydrogen-bond acceptors (Lipinski definition) is 5. The fraction of sp³-hybridized carbons (Fsp3) is 0.125. The molecule has 0 amide bonds. The molecular weight excluding hydrogens is 321 g/mol. The SMILES string of the molecule is CC(=O)c1cc(F)ccc1OCc1csc(-c2cccs2)n1. The van der Waals surface area contributed by atoms with Crippen LogP contribution in [0.2, 0.25) is 0 Å². The molecule has 3 rings (SSSR count). The summed E-state index contributed by atoms with van der Waals surface area (Å²) < 4.78 is 18.8. The van der Waals surface area contributed by atoms with E-state index in [0.29, 0.717) is 5.75 Å². The van der Waals surface area contributed by atoms with Crippen LogP contribution >= 0.6 is 22.7 Å². The molecule has 1 aromatic carbocycles. The number of rotatable bonds is 5. The molecule has 6 heteroatoms. The first kappa shape index (κ1) is 14.9. The number of ether oxygens (including phenoxy) is 1. The van der Waals surface area contributed by atoms with Crippen molar-refractivity contribution in [1.82, 2.24) is 4.98 Å². The minimum Gasteiger partial charge on any atom is -0.487 e. The number of carbonyl (C=O) groups is 1. The maximum atomic E-state index is 13.2. The van der Waals surface area contributed by atoms with Crippen LogP contribution in [0, 0.1) is 5.82 Å². The zero-order valence-electron chi connectivity index (χ0n) is 11.7. The molecule has 0 aliphatic rings. The largest absolute Gasteiger partial charge is 0.487 e. The summed E-state index contributed by atoms with van der Waals surface area (Å²) in [7, 11) is 0. The third-order valence-electron chi connectivity index (χ3n) is 2.98. The summed E-state index contributed by atoms with van der Waals surface area (Å²) >= 11 is 3.18. The Hall–Kier alpha value is -2.05. The Bertz CT molecular complexity index is 796. The van der Waals surface area contributed by atoms with E-state index in [0.717, 1.165) is 15.6 Å². The average Bonchev–Trinajstić information content (AvgIpc) is 3.16. The molecule has 0 N–H and O–H groups in total. The molecule has 112 valence electrons. The van der Waals surface area contributed by atoms with Gasteiger partial charge in [0, 0.05) is 5.38 Å². The predicted octanol–water partition coefficient (Wildman–Crippen LogP) is 4.79. The normalized spacial score (nSPS) is 10.6. The number of thiazole rings is 1. The Morgan fingerprint density at radius 3 is 2.91 bits per heavy atom. The van der Waals surface area contributed by atoms with Crippen molar-refractivity contribution in [2.75, 3.05) is 0 Å². The van der Waals surface area contributed by atoms with Crippen molar-refractivity contribution in [3.8, 4) is 15.6 Å². The summed E-state index contributed by atoms with van der Waals surface area (Å²) in [5, 5.41) is 4.87. The molecule has 0 atom stereocenters. The number of hydrogen-bond donors (Lipinski definition) is 0. The highest BCUT2D eigenvalue weighted by Gasteiger charge is 2.11. The topological polar surface area (TPSA) is 39.2 Å². The second-order valence-electron chi connectivity index (χ2n) is 4.61. The van der Waals surface area contributed by atoms with Crippen molar-refractivity contribution in [2.24, 2.45) is 0 Å². The number of ketones is 1. The summed E-state index contributed by atoms with van der Waals surface area (Å²) in [6, 6.07) is 7.94. The van der Waals surface area contributed by atoms with Crippen molar-refractivity contribution in [2.45, 2.75) is 13.5 Å². The Morgan fingerprint density at radius 1 is 1.32 bits per heavy atom. The fourth-order valence-corrected chi connectivity index (χ4v) is 3.56. The van der Waals surface area contributed by atoms with Gasteiger partial charge in [0.25, 0.3) is 0 Å². The molecule has 0 spiro atoms. The van der Waals surface area contributed by atoms with Crippen LogP contribution < -0.4 is 4.74 Å². The molecule has 0 aliphatic heterocycles. The van der Waals surface area contributed by atoms with Gasteiger partial charge in [0.15, 0.2) is 5.78 Å². The van der Waals surface area contributed by atoms with E-state index in [9.17, 15) is 9.18 Å². The second-order valence-corrected chi connectivity index (χ2v) is 6.41. The van der Waals surface area contributed by atoms with Gasteiger partial charge in [-0.05, 0) is 36.6 Å². The highest BCUT2D eigenvalue weighted by atomic mass is 32.1. The van der Waals surface area contributed by atoms with Crippen molar-refractivity contribution in [1.29, 1.82) is 0 Å². The van der Waals surface area contributed by atoms with E-state index in [1.54, 1.807) is 22.7 Å². The summed E-state index contributed by atoms with van der Waals surface area (Å²) in [5.41, 5.74) is 1.03. The molecule has 22 heavy (non-hydrogen) atoms. The van der Waals surface area contributed by atoms with Crippen molar-refractivity contribution >= 4 is 28.5 Å². The Morgan fingerprint density at radius 2 is 2.18 bits per heavy atom. The number of nitrogens with zero attached hydrogens (tertiary/aromatic N) is 1. The van der Waals surface area contributed by atoms with Gasteiger partial charge in [-0.2, -0.15) is 0 Å². The minimum absolute atomic E-state index is 0.230. The van der Waals surface area contributed by atoms with Crippen molar-refractivity contribution < 1.29 is 13.9 Å². The standard InChI is InChI=1S/C16H12FNO2S2/c1-10(19)13-7-11(17)4-5-14(13)20-8-12-9-22-16(18-12)15-3-2-6-21-15/h2-7,9H,8H2,1H3. The quantitative estimate of drug-likeness (QED) is 0.630. The van der Waals surface area contributed by atoms with Gasteiger partial charge in [-0.25, -0.2) is 9.37 Å². The number of aromatic nitrogens is 1. The predicted molar refractivity (Wildman–Crippen MR) is 86.2 cm³/mol. The molecule has 0 bridgehead atoms. The third-order valence-corrected chi connectivity index (χ3v) is 4.91. The van der Waals surface area contributed by atoms with Crippen LogP contribution in [-0.2, 0) is 6.61 Å². The summed E-state index contributed by atoms with van der Waals surface area (Å²) in [6.45, 7) is 1.63. The Labute approximate surface area is 135 Å². The molecule has 0 saturated heterocycles. The molecule has 0 saturated carbocycles. The number of benzene rings is 1. The van der Waals surface area contributed by atoms with Crippen molar-refractivity contribution in [3.63, 3.8) is 0 Å². The maximum Gasteiger partial charge on any atom is 0.163 e. The number of carbonyl (C=O) groups excluding carboxylic acids is 1. The van der Waals surface area contributed by atoms with E-state index in [2.05, 4.69) is 4.98 Å². The molecule has 3 nitrogen and oxygen atoms in total. The van der Waals surface area contributed by atoms with Gasteiger partial charge in [0.1, 0.15) is 23.2 Å². The molecule has 2 heterocycles. The van der Waals surface area contributed by atoms with Gasteiger partial charge in [-0.3, -0.25) is 4.79 Å². The van der Waals surface area contributed by atoms with Crippen LogP contribution in [-0.4, -0.2) is 10.8 Å². The molecule has 0 aliphatic carbocycles. The number of Topliss-reactive ketones (excluding diaryl/α,β-unsaturated/α-hetero) is 1. The molecule has 0 fully saturated rings. The van der Waals surface area contributed by atoms with Gasteiger partial charge in [-0.15, -0.1) is 22.7 Å². The molecule has 2 aromatic heterocycles. The van der Waals surface area contributed by atoms with Crippen LogP contribution in [0.25, 0.3) is 9.88 Å². The van der Waals surface area contributed by atoms with Crippen LogP contribution in [0.15, 0.2) is 41.1 Å². The smallest absolute Gasteiger partial charge is 0.163 e. The van der Waals surface area contributed by atoms with E-state index in [-0.39, 0.29) is 18.0 Å². The maximum absolute atomic E-state index is 13.2. The summed E-state index contributed by atoms with van der Waals surface area (Å²) in [6.07, 6.45) is 0. The fourth-order valence-electron chi connectivity index (χ4n) is 1.94. The third kappa shape index (κ3) is 3.23. The highest BCUT2D eigenvalue weighted by Crippen LogP contribution is 2.28. The summed E-state index contributed by atoms with van der Waals surface area (Å²) in [5.74, 6) is -0.308. The first-order valence-corrected chi connectivity index (χ1v) is 8.31. The molecular formula is C16H12FNO2S2. The van der Waals surface area contributed by atoms with Crippen LogP contribution in [0.1, 0.15) is 23.0 Å². The Kier molecular flexibility index (Phi) is 4.31. The van der Waals surface area contributed by atoms with Gasteiger partial charge < -0.3 is 4.74 Å². The van der Waals surface area contributed by atoms with Crippen molar-refractivity contribution in [3.05, 3.63) is 58.2 Å². The average molecular weight is 333 g/mol. The van der Waals surface area contributed by atoms with Gasteiger partial charge in [0.2, 0.25) is 0 Å². The van der Waals surface area contributed by atoms with E-state index in [1.165, 1.54) is 25.1 Å². The first-order chi connectivity index (χ1) is 10.6. The number of halogens is 1. The van der Waals surface area contributed by atoms with Gasteiger partial charge in [0.05, 0.1) is 16.1 Å². The lowest BCUT2D eigenvalue weighted by atomic mass is 10.1. The van der Waals surface area contributed by atoms with Gasteiger partial charge in [-0.1, -0.05) is 6.07 Å². The summed E-state index contributed by atoms with van der Waals surface area (Å²) in [4.78, 5) is 17.1. The van der Waals surface area contributed by atoms with E-state index in [4.69, 9.17) is 4.74 Å². The molecule has 3 aromatic rings. The zero-order valence-corrected chi connectivity index (χ0v) is 13.3. The molecule has 0 radical (unpaired) electrons. The monoisotopic (exact) mass is 333 g/mol. The van der Waals surface area contributed by atoms with Crippen LogP contribution in [0.5, 0.6) is 5.75 Å². The van der Waals surface area contributed by atoms with E-state index in [1.807, 2.05) is 22.9 Å². The lowest BCUT2D eigenvalue weighted by Crippen LogP contribution is -2.02. The lowest BCUT2D eigenvalue weighted by Gasteiger charge is -2.08. The van der Waals surface area contributed by atoms with Crippen LogP contribution in [0.3, 0.4) is 0 Å². The van der Waals surface area contributed by atoms with E-state index < -0.39 is 5.82 Å². The zero-order chi connectivity index (χ0) is 15.5.